The predicted octanol–water partition coefficient (Wildman–Crippen LogP) is 3.11. The van der Waals surface area contributed by atoms with Crippen molar-refractivity contribution in [2.45, 2.75) is 18.9 Å². The fraction of sp³-hybridized carbons (Fsp3) is 0.417. The molecule has 2 aromatic carbocycles. The van der Waals surface area contributed by atoms with Crippen LogP contribution in [0.15, 0.2) is 48.5 Å². The Morgan fingerprint density at radius 1 is 1.16 bits per heavy atom. The maximum atomic E-state index is 13.1. The first-order valence-corrected chi connectivity index (χ1v) is 10.5. The molecule has 7 heteroatoms. The number of carbonyl (C=O) groups excluding carboxylic acids is 2. The first-order chi connectivity index (χ1) is 14.9. The average Bonchev–Trinajstić information content (AvgIpc) is 2.79. The fourth-order valence-corrected chi connectivity index (χ4v) is 3.91. The highest BCUT2D eigenvalue weighted by atomic mass is 19.1. The molecule has 6 nitrogen and oxygen atoms in total. The number of likely N-dealkylation sites (tertiary alicyclic amines) is 1. The van der Waals surface area contributed by atoms with Crippen LogP contribution in [-0.4, -0.2) is 62.5 Å². The maximum Gasteiger partial charge on any atom is 0.253 e. The molecule has 0 aliphatic carbocycles. The van der Waals surface area contributed by atoms with Crippen molar-refractivity contribution in [3.63, 3.8) is 0 Å². The number of nitrogens with zero attached hydrogens (tertiary/aromatic N) is 2. The van der Waals surface area contributed by atoms with Crippen LogP contribution < -0.4 is 10.1 Å². The maximum absolute atomic E-state index is 13.1. The lowest BCUT2D eigenvalue weighted by Gasteiger charge is -2.32. The molecule has 0 aromatic heterocycles. The smallest absolute Gasteiger partial charge is 0.253 e. The van der Waals surface area contributed by atoms with Gasteiger partial charge in [0.1, 0.15) is 11.6 Å². The third-order valence-corrected chi connectivity index (χ3v) is 5.82. The average molecular weight is 428 g/mol. The topological polar surface area (TPSA) is 61.9 Å². The van der Waals surface area contributed by atoms with E-state index in [9.17, 15) is 14.0 Å². The van der Waals surface area contributed by atoms with E-state index in [1.165, 1.54) is 24.3 Å². The van der Waals surface area contributed by atoms with Crippen molar-refractivity contribution in [1.29, 1.82) is 0 Å². The number of hydrogen-bond acceptors (Lipinski definition) is 4. The van der Waals surface area contributed by atoms with Crippen molar-refractivity contribution in [3.05, 3.63) is 65.5 Å². The third kappa shape index (κ3) is 5.82. The van der Waals surface area contributed by atoms with Crippen LogP contribution in [0, 0.1) is 11.7 Å². The summed E-state index contributed by atoms with van der Waals surface area (Å²) in [7, 11) is 5.60. The zero-order chi connectivity index (χ0) is 22.4. The molecule has 1 aliphatic rings. The second-order valence-corrected chi connectivity index (χ2v) is 8.07. The molecule has 166 valence electrons. The SMILES string of the molecule is COc1cccc(C(CNC(=O)C2CCN(C(=O)c3ccc(F)cc3)CC2)N(C)C)c1. The van der Waals surface area contributed by atoms with Crippen LogP contribution in [0.2, 0.25) is 0 Å². The van der Waals surface area contributed by atoms with E-state index in [0.29, 0.717) is 38.0 Å². The molecule has 3 rings (SSSR count). The summed E-state index contributed by atoms with van der Waals surface area (Å²) in [5, 5.41) is 3.09. The molecule has 1 atom stereocenters. The Balaban J connectivity index is 1.53. The van der Waals surface area contributed by atoms with Crippen molar-refractivity contribution in [2.24, 2.45) is 5.92 Å². The Hall–Kier alpha value is -2.93. The summed E-state index contributed by atoms with van der Waals surface area (Å²) in [5.74, 6) is 0.198. The number of carbonyl (C=O) groups is 2. The van der Waals surface area contributed by atoms with Crippen molar-refractivity contribution in [2.75, 3.05) is 40.8 Å². The van der Waals surface area contributed by atoms with Crippen molar-refractivity contribution < 1.29 is 18.7 Å². The molecule has 0 spiro atoms. The van der Waals surface area contributed by atoms with Crippen LogP contribution in [0.4, 0.5) is 4.39 Å². The van der Waals surface area contributed by atoms with Crippen LogP contribution in [0.3, 0.4) is 0 Å². The number of halogens is 1. The van der Waals surface area contributed by atoms with E-state index < -0.39 is 0 Å². The number of rotatable bonds is 7. The van der Waals surface area contributed by atoms with Crippen LogP contribution in [0.5, 0.6) is 5.75 Å². The fourth-order valence-electron chi connectivity index (χ4n) is 3.91. The summed E-state index contributed by atoms with van der Waals surface area (Å²) < 4.78 is 18.4. The van der Waals surface area contributed by atoms with Gasteiger partial charge in [-0.15, -0.1) is 0 Å². The van der Waals surface area contributed by atoms with E-state index in [1.54, 1.807) is 12.0 Å². The van der Waals surface area contributed by atoms with Gasteiger partial charge in [-0.05, 0) is 68.9 Å². The van der Waals surface area contributed by atoms with Gasteiger partial charge in [0, 0.05) is 31.1 Å². The number of amides is 2. The van der Waals surface area contributed by atoms with E-state index in [0.717, 1.165) is 11.3 Å². The zero-order valence-electron chi connectivity index (χ0n) is 18.3. The first-order valence-electron chi connectivity index (χ1n) is 10.5. The largest absolute Gasteiger partial charge is 0.497 e. The Morgan fingerprint density at radius 3 is 2.45 bits per heavy atom. The standard InChI is InChI=1S/C24H30FN3O3/c1-27(2)22(19-5-4-6-21(15-19)31-3)16-26-23(29)17-11-13-28(14-12-17)24(30)18-7-9-20(25)10-8-18/h4-10,15,17,22H,11-14,16H2,1-3H3,(H,26,29). The minimum absolute atomic E-state index is 0.0172. The lowest BCUT2D eigenvalue weighted by Crippen LogP contribution is -2.44. The highest BCUT2D eigenvalue weighted by molar-refractivity contribution is 5.94. The van der Waals surface area contributed by atoms with Crippen LogP contribution in [0.1, 0.15) is 34.8 Å². The minimum Gasteiger partial charge on any atom is -0.497 e. The van der Waals surface area contributed by atoms with Gasteiger partial charge in [0.2, 0.25) is 5.91 Å². The number of methoxy groups -OCH3 is 1. The lowest BCUT2D eigenvalue weighted by atomic mass is 9.95. The molecule has 1 fully saturated rings. The van der Waals surface area contributed by atoms with Gasteiger partial charge in [-0.3, -0.25) is 9.59 Å². The van der Waals surface area contributed by atoms with Crippen molar-refractivity contribution in [3.8, 4) is 5.75 Å². The summed E-state index contributed by atoms with van der Waals surface area (Å²) in [4.78, 5) is 29.1. The highest BCUT2D eigenvalue weighted by Crippen LogP contribution is 2.23. The van der Waals surface area contributed by atoms with Crippen molar-refractivity contribution in [1.82, 2.24) is 15.1 Å². The Labute approximate surface area is 183 Å². The Morgan fingerprint density at radius 2 is 1.84 bits per heavy atom. The van der Waals surface area contributed by atoms with Crippen LogP contribution in [0.25, 0.3) is 0 Å². The molecule has 0 radical (unpaired) electrons. The van der Waals surface area contributed by atoms with Crippen LogP contribution >= 0.6 is 0 Å². The second-order valence-electron chi connectivity index (χ2n) is 8.07. The summed E-state index contributed by atoms with van der Waals surface area (Å²) in [5.41, 5.74) is 1.54. The van der Waals surface area contributed by atoms with Gasteiger partial charge in [0.25, 0.3) is 5.91 Å². The zero-order valence-corrected chi connectivity index (χ0v) is 18.3. The van der Waals surface area contributed by atoms with Gasteiger partial charge in [0.05, 0.1) is 13.2 Å². The number of nitrogens with one attached hydrogen (secondary N) is 1. The number of hydrogen-bond donors (Lipinski definition) is 1. The molecule has 1 N–H and O–H groups in total. The lowest BCUT2D eigenvalue weighted by molar-refractivity contribution is -0.126. The number of piperidine rings is 1. The Bertz CT molecular complexity index is 893. The summed E-state index contributed by atoms with van der Waals surface area (Å²) in [6.07, 6.45) is 1.23. The first kappa shape index (κ1) is 22.7. The molecular weight excluding hydrogens is 397 g/mol. The Kier molecular flexibility index (Phi) is 7.63. The molecule has 1 unspecified atom stereocenters. The van der Waals surface area contributed by atoms with Gasteiger partial charge in [-0.1, -0.05) is 12.1 Å². The number of likely N-dealkylation sites (N-methyl/N-ethyl adjacent to an activating group) is 1. The van der Waals surface area contributed by atoms with Gasteiger partial charge >= 0.3 is 0 Å². The molecule has 1 heterocycles. The minimum atomic E-state index is -0.364. The van der Waals surface area contributed by atoms with Gasteiger partial charge in [-0.2, -0.15) is 0 Å². The predicted molar refractivity (Wildman–Crippen MR) is 117 cm³/mol. The summed E-state index contributed by atoms with van der Waals surface area (Å²) in [6, 6.07) is 13.4. The van der Waals surface area contributed by atoms with Gasteiger partial charge in [0.15, 0.2) is 0 Å². The summed E-state index contributed by atoms with van der Waals surface area (Å²) >= 11 is 0. The van der Waals surface area contributed by atoms with Crippen LogP contribution in [-0.2, 0) is 4.79 Å². The molecule has 0 bridgehead atoms. The van der Waals surface area contributed by atoms with Gasteiger partial charge in [-0.25, -0.2) is 4.39 Å². The molecule has 2 aromatic rings. The molecule has 0 saturated carbocycles. The van der Waals surface area contributed by atoms with E-state index >= 15 is 0 Å². The summed E-state index contributed by atoms with van der Waals surface area (Å²) in [6.45, 7) is 1.52. The van der Waals surface area contributed by atoms with E-state index in [4.69, 9.17) is 4.74 Å². The molecule has 31 heavy (non-hydrogen) atoms. The van der Waals surface area contributed by atoms with E-state index in [2.05, 4.69) is 10.2 Å². The van der Waals surface area contributed by atoms with Crippen molar-refractivity contribution >= 4 is 11.8 Å². The van der Waals surface area contributed by atoms with E-state index in [-0.39, 0.29) is 29.6 Å². The normalized spacial score (nSPS) is 15.6. The second kappa shape index (κ2) is 10.4. The van der Waals surface area contributed by atoms with Gasteiger partial charge < -0.3 is 19.9 Å². The number of benzene rings is 2. The molecule has 1 saturated heterocycles. The molecule has 2 amide bonds. The highest BCUT2D eigenvalue weighted by Gasteiger charge is 2.28. The number of ether oxygens (including phenoxy) is 1. The quantitative estimate of drug-likeness (QED) is 0.738. The molecular formula is C24H30FN3O3. The van der Waals surface area contributed by atoms with E-state index in [1.807, 2.05) is 38.4 Å². The monoisotopic (exact) mass is 427 g/mol. The molecule has 1 aliphatic heterocycles. The third-order valence-electron chi connectivity index (χ3n) is 5.82.